The maximum absolute atomic E-state index is 11.4. The molecule has 0 spiro atoms. The molecule has 3 nitrogen and oxygen atoms in total. The molecule has 17 heavy (non-hydrogen) atoms. The Morgan fingerprint density at radius 1 is 1.18 bits per heavy atom. The summed E-state index contributed by atoms with van der Waals surface area (Å²) in [4.78, 5) is 11.4. The van der Waals surface area contributed by atoms with Gasteiger partial charge in [-0.25, -0.2) is 4.79 Å². The first-order chi connectivity index (χ1) is 8.00. The Hall–Kier alpha value is -1.51. The highest BCUT2D eigenvalue weighted by atomic mass is 16.6. The SMILES string of the molecule is CC(C)OC(=O)COc1ccccc1C(C)C. The maximum Gasteiger partial charge on any atom is 0.344 e. The summed E-state index contributed by atoms with van der Waals surface area (Å²) >= 11 is 0. The molecule has 0 N–H and O–H groups in total. The van der Waals surface area contributed by atoms with Gasteiger partial charge in [0.15, 0.2) is 6.61 Å². The number of para-hydroxylation sites is 1. The summed E-state index contributed by atoms with van der Waals surface area (Å²) in [6.45, 7) is 7.78. The quantitative estimate of drug-likeness (QED) is 0.737. The third-order valence-corrected chi connectivity index (χ3v) is 2.25. The molecule has 0 radical (unpaired) electrons. The molecule has 0 saturated carbocycles. The van der Waals surface area contributed by atoms with Crippen LogP contribution in [0, 0.1) is 0 Å². The third kappa shape index (κ3) is 4.47. The van der Waals surface area contributed by atoms with E-state index >= 15 is 0 Å². The zero-order valence-corrected chi connectivity index (χ0v) is 10.9. The first-order valence-electron chi connectivity index (χ1n) is 5.92. The molecule has 0 bridgehead atoms. The average Bonchev–Trinajstić information content (AvgIpc) is 2.25. The second-order valence-electron chi connectivity index (χ2n) is 4.52. The van der Waals surface area contributed by atoms with Crippen LogP contribution < -0.4 is 4.74 Å². The van der Waals surface area contributed by atoms with Gasteiger partial charge in [0.25, 0.3) is 0 Å². The Bertz CT molecular complexity index is 369. The number of carbonyl (C=O) groups is 1. The fourth-order valence-corrected chi connectivity index (χ4v) is 1.52. The van der Waals surface area contributed by atoms with Crippen LogP contribution in [0.5, 0.6) is 5.75 Å². The Morgan fingerprint density at radius 3 is 2.41 bits per heavy atom. The number of carbonyl (C=O) groups excluding carboxylic acids is 1. The first kappa shape index (κ1) is 13.6. The number of ether oxygens (including phenoxy) is 2. The molecule has 3 heteroatoms. The van der Waals surface area contributed by atoms with Gasteiger partial charge in [-0.3, -0.25) is 0 Å². The van der Waals surface area contributed by atoms with Crippen LogP contribution >= 0.6 is 0 Å². The molecule has 0 aliphatic carbocycles. The fourth-order valence-electron chi connectivity index (χ4n) is 1.52. The number of benzene rings is 1. The second kappa shape index (κ2) is 6.28. The van der Waals surface area contributed by atoms with Gasteiger partial charge in [0, 0.05) is 0 Å². The van der Waals surface area contributed by atoms with E-state index in [4.69, 9.17) is 9.47 Å². The second-order valence-corrected chi connectivity index (χ2v) is 4.52. The molecule has 0 fully saturated rings. The molecule has 1 rings (SSSR count). The van der Waals surface area contributed by atoms with Gasteiger partial charge in [-0.1, -0.05) is 32.0 Å². The van der Waals surface area contributed by atoms with Crippen LogP contribution in [0.4, 0.5) is 0 Å². The van der Waals surface area contributed by atoms with Crippen LogP contribution in [0.3, 0.4) is 0 Å². The minimum atomic E-state index is -0.335. The van der Waals surface area contributed by atoms with Gasteiger partial charge in [0.1, 0.15) is 5.75 Å². The predicted octanol–water partition coefficient (Wildman–Crippen LogP) is 3.14. The van der Waals surface area contributed by atoms with E-state index in [-0.39, 0.29) is 18.7 Å². The Balaban J connectivity index is 2.60. The van der Waals surface area contributed by atoms with Crippen molar-refractivity contribution in [3.63, 3.8) is 0 Å². The number of esters is 1. The van der Waals surface area contributed by atoms with Gasteiger partial charge in [-0.05, 0) is 31.4 Å². The van der Waals surface area contributed by atoms with Crippen molar-refractivity contribution in [1.82, 2.24) is 0 Å². The van der Waals surface area contributed by atoms with Crippen LogP contribution in [-0.2, 0) is 9.53 Å². The summed E-state index contributed by atoms with van der Waals surface area (Å²) in [5.74, 6) is 0.786. The minimum absolute atomic E-state index is 0.0398. The predicted molar refractivity (Wildman–Crippen MR) is 67.3 cm³/mol. The van der Waals surface area contributed by atoms with Crippen molar-refractivity contribution in [2.24, 2.45) is 0 Å². The lowest BCUT2D eigenvalue weighted by Crippen LogP contribution is -2.19. The van der Waals surface area contributed by atoms with Crippen LogP contribution in [0.15, 0.2) is 24.3 Å². The molecular formula is C14H20O3. The standard InChI is InChI=1S/C14H20O3/c1-10(2)12-7-5-6-8-13(12)16-9-14(15)17-11(3)4/h5-8,10-11H,9H2,1-4H3. The van der Waals surface area contributed by atoms with Crippen molar-refractivity contribution in [3.8, 4) is 5.75 Å². The third-order valence-electron chi connectivity index (χ3n) is 2.25. The maximum atomic E-state index is 11.4. The molecule has 0 saturated heterocycles. The Labute approximate surface area is 103 Å². The van der Waals surface area contributed by atoms with E-state index in [1.165, 1.54) is 0 Å². The van der Waals surface area contributed by atoms with Crippen molar-refractivity contribution in [2.75, 3.05) is 6.61 Å². The summed E-state index contributed by atoms with van der Waals surface area (Å²) in [6, 6.07) is 7.75. The van der Waals surface area contributed by atoms with Crippen LogP contribution in [-0.4, -0.2) is 18.7 Å². The van der Waals surface area contributed by atoms with Gasteiger partial charge in [0.05, 0.1) is 6.10 Å². The minimum Gasteiger partial charge on any atom is -0.482 e. The molecule has 94 valence electrons. The topological polar surface area (TPSA) is 35.5 Å². The van der Waals surface area contributed by atoms with E-state index in [1.807, 2.05) is 38.1 Å². The highest BCUT2D eigenvalue weighted by molar-refractivity contribution is 5.71. The summed E-state index contributed by atoms with van der Waals surface area (Å²) in [7, 11) is 0. The Morgan fingerprint density at radius 2 is 1.82 bits per heavy atom. The molecule has 0 amide bonds. The summed E-state index contributed by atoms with van der Waals surface area (Å²) < 4.78 is 10.5. The van der Waals surface area contributed by atoms with Crippen molar-refractivity contribution < 1.29 is 14.3 Å². The molecule has 0 atom stereocenters. The lowest BCUT2D eigenvalue weighted by Gasteiger charge is -2.14. The molecule has 0 aliphatic rings. The van der Waals surface area contributed by atoms with Crippen molar-refractivity contribution in [3.05, 3.63) is 29.8 Å². The highest BCUT2D eigenvalue weighted by Crippen LogP contribution is 2.25. The fraction of sp³-hybridized carbons (Fsp3) is 0.500. The van der Waals surface area contributed by atoms with E-state index in [0.717, 1.165) is 11.3 Å². The molecule has 0 aromatic heterocycles. The lowest BCUT2D eigenvalue weighted by atomic mass is 10.0. The first-order valence-corrected chi connectivity index (χ1v) is 5.92. The Kier molecular flexibility index (Phi) is 5.01. The van der Waals surface area contributed by atoms with Gasteiger partial charge < -0.3 is 9.47 Å². The zero-order chi connectivity index (χ0) is 12.8. The van der Waals surface area contributed by atoms with E-state index < -0.39 is 0 Å². The largest absolute Gasteiger partial charge is 0.482 e. The van der Waals surface area contributed by atoms with E-state index in [9.17, 15) is 4.79 Å². The summed E-state index contributed by atoms with van der Waals surface area (Å²) in [5.41, 5.74) is 1.10. The van der Waals surface area contributed by atoms with Crippen molar-refractivity contribution in [2.45, 2.75) is 39.7 Å². The molecule has 0 aliphatic heterocycles. The van der Waals surface area contributed by atoms with E-state index in [1.54, 1.807) is 0 Å². The van der Waals surface area contributed by atoms with Gasteiger partial charge in [-0.15, -0.1) is 0 Å². The van der Waals surface area contributed by atoms with E-state index in [2.05, 4.69) is 13.8 Å². The van der Waals surface area contributed by atoms with Crippen molar-refractivity contribution in [1.29, 1.82) is 0 Å². The molecule has 0 unspecified atom stereocenters. The molecule has 1 aromatic carbocycles. The van der Waals surface area contributed by atoms with Crippen LogP contribution in [0.25, 0.3) is 0 Å². The normalized spacial score (nSPS) is 10.7. The number of hydrogen-bond acceptors (Lipinski definition) is 3. The van der Waals surface area contributed by atoms with Crippen LogP contribution in [0.1, 0.15) is 39.2 Å². The monoisotopic (exact) mass is 236 g/mol. The number of hydrogen-bond donors (Lipinski definition) is 0. The van der Waals surface area contributed by atoms with Crippen molar-refractivity contribution >= 4 is 5.97 Å². The smallest absolute Gasteiger partial charge is 0.344 e. The van der Waals surface area contributed by atoms with E-state index in [0.29, 0.717) is 5.92 Å². The summed E-state index contributed by atoms with van der Waals surface area (Å²) in [6.07, 6.45) is -0.105. The zero-order valence-electron chi connectivity index (χ0n) is 10.9. The molecule has 0 heterocycles. The highest BCUT2D eigenvalue weighted by Gasteiger charge is 2.10. The van der Waals surface area contributed by atoms with Gasteiger partial charge in [0.2, 0.25) is 0 Å². The van der Waals surface area contributed by atoms with Gasteiger partial charge in [-0.2, -0.15) is 0 Å². The molecular weight excluding hydrogens is 216 g/mol. The average molecular weight is 236 g/mol. The number of rotatable bonds is 5. The lowest BCUT2D eigenvalue weighted by molar-refractivity contribution is -0.149. The molecule has 1 aromatic rings. The van der Waals surface area contributed by atoms with Gasteiger partial charge >= 0.3 is 5.97 Å². The summed E-state index contributed by atoms with van der Waals surface area (Å²) in [5, 5.41) is 0. The van der Waals surface area contributed by atoms with Crippen LogP contribution in [0.2, 0.25) is 0 Å².